The molecule has 1 heterocycles. The highest BCUT2D eigenvalue weighted by Crippen LogP contribution is 2.19. The molecule has 1 aliphatic rings. The van der Waals surface area contributed by atoms with Gasteiger partial charge in [0.15, 0.2) is 5.11 Å². The van der Waals surface area contributed by atoms with Crippen molar-refractivity contribution in [1.82, 2.24) is 15.3 Å². The van der Waals surface area contributed by atoms with Crippen LogP contribution in [0.15, 0.2) is 35.2 Å². The molecule has 7 nitrogen and oxygen atoms in total. The minimum absolute atomic E-state index is 0.0672. The fourth-order valence-corrected chi connectivity index (χ4v) is 4.50. The maximum Gasteiger partial charge on any atom is 0.264 e. The van der Waals surface area contributed by atoms with Crippen LogP contribution >= 0.6 is 12.2 Å². The van der Waals surface area contributed by atoms with Gasteiger partial charge in [0.05, 0.1) is 4.90 Å². The Kier molecular flexibility index (Phi) is 6.46. The van der Waals surface area contributed by atoms with Crippen LogP contribution in [0, 0.1) is 13.8 Å². The van der Waals surface area contributed by atoms with Gasteiger partial charge < -0.3 is 10.6 Å². The van der Waals surface area contributed by atoms with Gasteiger partial charge in [0, 0.05) is 23.1 Å². The van der Waals surface area contributed by atoms with Crippen LogP contribution in [-0.2, 0) is 10.0 Å². The first kappa shape index (κ1) is 20.5. The zero-order valence-electron chi connectivity index (χ0n) is 16.0. The maximum absolute atomic E-state index is 12.6. The van der Waals surface area contributed by atoms with Gasteiger partial charge in [0.1, 0.15) is 0 Å². The highest BCUT2D eigenvalue weighted by Gasteiger charge is 2.17. The van der Waals surface area contributed by atoms with Crippen LogP contribution in [0.25, 0.3) is 0 Å². The van der Waals surface area contributed by atoms with Gasteiger partial charge in [0.25, 0.3) is 10.0 Å². The van der Waals surface area contributed by atoms with E-state index >= 15 is 0 Å². The molecule has 3 N–H and O–H groups in total. The fraction of sp³-hybridized carbons (Fsp3) is 0.421. The number of aryl methyl sites for hydroxylation is 2. The van der Waals surface area contributed by atoms with E-state index in [1.54, 1.807) is 32.0 Å². The average molecular weight is 420 g/mol. The van der Waals surface area contributed by atoms with Crippen LogP contribution in [0.5, 0.6) is 0 Å². The minimum atomic E-state index is -3.77. The highest BCUT2D eigenvalue weighted by atomic mass is 32.2. The fourth-order valence-electron chi connectivity index (χ4n) is 3.27. The second kappa shape index (κ2) is 8.83. The van der Waals surface area contributed by atoms with Crippen molar-refractivity contribution in [3.8, 4) is 0 Å². The molecule has 1 saturated carbocycles. The molecule has 0 unspecified atom stereocenters. The standard InChI is InChI=1S/C19H25N5O2S2/c1-13-12-14(2)21-18(20-13)24-28(25,26)17-10-8-16(9-11-17)23-19(27)22-15-6-4-3-5-7-15/h8-12,15H,3-7H2,1-2H3,(H,20,21,24)(H2,22,23,27). The average Bonchev–Trinajstić information content (AvgIpc) is 2.61. The molecule has 1 aromatic heterocycles. The van der Waals surface area contributed by atoms with Gasteiger partial charge in [-0.25, -0.2) is 23.1 Å². The van der Waals surface area contributed by atoms with Crippen molar-refractivity contribution < 1.29 is 8.42 Å². The molecule has 2 aromatic rings. The van der Waals surface area contributed by atoms with Crippen molar-refractivity contribution in [3.05, 3.63) is 41.7 Å². The summed E-state index contributed by atoms with van der Waals surface area (Å²) in [7, 11) is -3.77. The summed E-state index contributed by atoms with van der Waals surface area (Å²) >= 11 is 5.36. The molecule has 1 fully saturated rings. The Morgan fingerprint density at radius 1 is 1.04 bits per heavy atom. The zero-order valence-corrected chi connectivity index (χ0v) is 17.7. The first-order chi connectivity index (χ1) is 13.3. The number of thiocarbonyl (C=S) groups is 1. The summed E-state index contributed by atoms with van der Waals surface area (Å²) in [6.45, 7) is 3.58. The number of rotatable bonds is 5. The lowest BCUT2D eigenvalue weighted by atomic mass is 9.96. The van der Waals surface area contributed by atoms with Crippen LogP contribution in [0.3, 0.4) is 0 Å². The van der Waals surface area contributed by atoms with Crippen molar-refractivity contribution >= 4 is 39.0 Å². The second-order valence-corrected chi connectivity index (χ2v) is 9.13. The summed E-state index contributed by atoms with van der Waals surface area (Å²) in [6, 6.07) is 8.61. The molecule has 0 amide bonds. The monoisotopic (exact) mass is 419 g/mol. The first-order valence-corrected chi connectivity index (χ1v) is 11.2. The molecule has 0 saturated heterocycles. The lowest BCUT2D eigenvalue weighted by molar-refractivity contribution is 0.415. The molecule has 0 atom stereocenters. The summed E-state index contributed by atoms with van der Waals surface area (Å²) in [5, 5.41) is 7.00. The molecular formula is C19H25N5O2S2. The van der Waals surface area contributed by atoms with E-state index in [9.17, 15) is 8.42 Å². The summed E-state index contributed by atoms with van der Waals surface area (Å²) < 4.78 is 27.6. The molecule has 150 valence electrons. The van der Waals surface area contributed by atoms with Gasteiger partial charge in [-0.1, -0.05) is 19.3 Å². The number of benzene rings is 1. The van der Waals surface area contributed by atoms with Crippen molar-refractivity contribution in [2.45, 2.75) is 56.9 Å². The minimum Gasteiger partial charge on any atom is -0.360 e. The van der Waals surface area contributed by atoms with Crippen LogP contribution in [0.4, 0.5) is 11.6 Å². The molecule has 28 heavy (non-hydrogen) atoms. The summed E-state index contributed by atoms with van der Waals surface area (Å²) in [4.78, 5) is 8.37. The molecule has 3 rings (SSSR count). The van der Waals surface area contributed by atoms with Crippen LogP contribution in [-0.4, -0.2) is 29.5 Å². The maximum atomic E-state index is 12.6. The highest BCUT2D eigenvalue weighted by molar-refractivity contribution is 7.92. The predicted molar refractivity (Wildman–Crippen MR) is 115 cm³/mol. The quantitative estimate of drug-likeness (QED) is 0.638. The van der Waals surface area contributed by atoms with E-state index in [0.29, 0.717) is 22.5 Å². The Bertz CT molecular complexity index is 919. The third-order valence-electron chi connectivity index (χ3n) is 4.57. The van der Waals surface area contributed by atoms with Crippen molar-refractivity contribution in [2.75, 3.05) is 10.0 Å². The van der Waals surface area contributed by atoms with Crippen LogP contribution in [0.1, 0.15) is 43.5 Å². The summed E-state index contributed by atoms with van der Waals surface area (Å²) in [5.41, 5.74) is 2.13. The van der Waals surface area contributed by atoms with E-state index < -0.39 is 10.0 Å². The van der Waals surface area contributed by atoms with Gasteiger partial charge in [-0.15, -0.1) is 0 Å². The molecule has 9 heteroatoms. The molecular weight excluding hydrogens is 394 g/mol. The Hall–Kier alpha value is -2.26. The molecule has 0 spiro atoms. The van der Waals surface area contributed by atoms with E-state index in [-0.39, 0.29) is 10.8 Å². The summed E-state index contributed by atoms with van der Waals surface area (Å²) in [6.07, 6.45) is 6.00. The van der Waals surface area contributed by atoms with Crippen molar-refractivity contribution in [1.29, 1.82) is 0 Å². The Labute approximate surface area is 171 Å². The van der Waals surface area contributed by atoms with Crippen LogP contribution < -0.4 is 15.4 Å². The number of nitrogens with one attached hydrogen (secondary N) is 3. The molecule has 1 aromatic carbocycles. The number of hydrogen-bond donors (Lipinski definition) is 3. The van der Waals surface area contributed by atoms with E-state index in [1.165, 1.54) is 31.4 Å². The number of anilines is 2. The smallest absolute Gasteiger partial charge is 0.264 e. The number of nitrogens with zero attached hydrogens (tertiary/aromatic N) is 2. The summed E-state index contributed by atoms with van der Waals surface area (Å²) in [5.74, 6) is 0.0672. The zero-order chi connectivity index (χ0) is 20.1. The topological polar surface area (TPSA) is 96.0 Å². The van der Waals surface area contributed by atoms with Gasteiger partial charge in [-0.2, -0.15) is 0 Å². The molecule has 0 aliphatic heterocycles. The van der Waals surface area contributed by atoms with Crippen molar-refractivity contribution in [3.63, 3.8) is 0 Å². The molecule has 1 aliphatic carbocycles. The van der Waals surface area contributed by atoms with E-state index in [0.717, 1.165) is 18.5 Å². The Morgan fingerprint density at radius 2 is 1.64 bits per heavy atom. The first-order valence-electron chi connectivity index (χ1n) is 9.34. The lowest BCUT2D eigenvalue weighted by Crippen LogP contribution is -2.38. The van der Waals surface area contributed by atoms with Gasteiger partial charge in [0.2, 0.25) is 5.95 Å². The van der Waals surface area contributed by atoms with Crippen LogP contribution in [0.2, 0.25) is 0 Å². The van der Waals surface area contributed by atoms with E-state index in [2.05, 4.69) is 25.3 Å². The third kappa shape index (κ3) is 5.62. The SMILES string of the molecule is Cc1cc(C)nc(NS(=O)(=O)c2ccc(NC(=S)NC3CCCCC3)cc2)n1. The number of hydrogen-bond acceptors (Lipinski definition) is 5. The largest absolute Gasteiger partial charge is 0.360 e. The third-order valence-corrected chi connectivity index (χ3v) is 6.13. The van der Waals surface area contributed by atoms with Gasteiger partial charge in [-0.05, 0) is 69.2 Å². The van der Waals surface area contributed by atoms with Gasteiger partial charge >= 0.3 is 0 Å². The van der Waals surface area contributed by atoms with Crippen molar-refractivity contribution in [2.24, 2.45) is 0 Å². The molecule has 0 radical (unpaired) electrons. The van der Waals surface area contributed by atoms with E-state index in [1.807, 2.05) is 0 Å². The second-order valence-electron chi connectivity index (χ2n) is 7.04. The predicted octanol–water partition coefficient (Wildman–Crippen LogP) is 3.51. The van der Waals surface area contributed by atoms with Gasteiger partial charge in [-0.3, -0.25) is 0 Å². The number of sulfonamides is 1. The lowest BCUT2D eigenvalue weighted by Gasteiger charge is -2.24. The molecule has 0 bridgehead atoms. The normalized spacial score (nSPS) is 15.1. The number of aromatic nitrogens is 2. The Balaban J connectivity index is 1.63. The Morgan fingerprint density at radius 3 is 2.25 bits per heavy atom. The van der Waals surface area contributed by atoms with E-state index in [4.69, 9.17) is 12.2 Å².